The van der Waals surface area contributed by atoms with E-state index in [-0.39, 0.29) is 5.91 Å². The number of nitrogens with one attached hydrogen (secondary N) is 1. The molecule has 3 rings (SSSR count). The Morgan fingerprint density at radius 1 is 1.33 bits per heavy atom. The minimum absolute atomic E-state index is 0.0637. The number of aromatic nitrogens is 1. The number of pyridine rings is 1. The number of anilines is 1. The van der Waals surface area contributed by atoms with Gasteiger partial charge in [-0.05, 0) is 49.1 Å². The van der Waals surface area contributed by atoms with Crippen molar-refractivity contribution in [1.82, 2.24) is 15.2 Å². The Hall–Kier alpha value is -2.60. The molecular formula is C21H28N4O2. The number of methoxy groups -OCH3 is 1. The van der Waals surface area contributed by atoms with Gasteiger partial charge in [-0.15, -0.1) is 0 Å². The van der Waals surface area contributed by atoms with E-state index in [9.17, 15) is 4.79 Å². The Bertz CT molecular complexity index is 748. The van der Waals surface area contributed by atoms with Gasteiger partial charge in [0.05, 0.1) is 13.5 Å². The third-order valence-electron chi connectivity index (χ3n) is 5.03. The quantitative estimate of drug-likeness (QED) is 0.783. The van der Waals surface area contributed by atoms with Crippen molar-refractivity contribution >= 4 is 11.7 Å². The Morgan fingerprint density at radius 2 is 2.15 bits per heavy atom. The summed E-state index contributed by atoms with van der Waals surface area (Å²) in [5, 5.41) is 3.09. The zero-order chi connectivity index (χ0) is 19.1. The molecule has 0 spiro atoms. The minimum atomic E-state index is 0.0637. The number of carbonyl (C=O) groups excluding carboxylic acids is 1. The van der Waals surface area contributed by atoms with E-state index in [0.29, 0.717) is 24.7 Å². The molecule has 1 aromatic heterocycles. The molecule has 0 unspecified atom stereocenters. The molecule has 27 heavy (non-hydrogen) atoms. The van der Waals surface area contributed by atoms with Gasteiger partial charge >= 0.3 is 0 Å². The third-order valence-corrected chi connectivity index (χ3v) is 5.03. The highest BCUT2D eigenvalue weighted by Gasteiger charge is 2.21. The molecule has 6 nitrogen and oxygen atoms in total. The molecule has 1 amide bonds. The highest BCUT2D eigenvalue weighted by molar-refractivity contribution is 5.78. The molecule has 1 atom stereocenters. The fourth-order valence-electron chi connectivity index (χ4n) is 3.54. The zero-order valence-corrected chi connectivity index (χ0v) is 15.9. The van der Waals surface area contributed by atoms with E-state index in [4.69, 9.17) is 10.5 Å². The number of piperidine rings is 1. The maximum atomic E-state index is 12.2. The number of nitrogens with zero attached hydrogens (tertiary/aromatic N) is 2. The smallest absolute Gasteiger partial charge is 0.224 e. The van der Waals surface area contributed by atoms with Crippen LogP contribution in [0.1, 0.15) is 24.0 Å². The topological polar surface area (TPSA) is 80.5 Å². The molecule has 144 valence electrons. The first-order valence-corrected chi connectivity index (χ1v) is 9.45. The number of ether oxygens (including phenoxy) is 1. The van der Waals surface area contributed by atoms with Crippen molar-refractivity contribution in [3.8, 4) is 5.75 Å². The van der Waals surface area contributed by atoms with Crippen molar-refractivity contribution in [3.05, 3.63) is 53.7 Å². The second-order valence-corrected chi connectivity index (χ2v) is 7.12. The first-order valence-electron chi connectivity index (χ1n) is 9.45. The predicted molar refractivity (Wildman–Crippen MR) is 106 cm³/mol. The summed E-state index contributed by atoms with van der Waals surface area (Å²) in [5.41, 5.74) is 8.02. The second-order valence-electron chi connectivity index (χ2n) is 7.12. The minimum Gasteiger partial charge on any atom is -0.497 e. The van der Waals surface area contributed by atoms with E-state index in [1.807, 2.05) is 36.4 Å². The van der Waals surface area contributed by atoms with Gasteiger partial charge in [0.15, 0.2) is 0 Å². The number of hydrogen-bond donors (Lipinski definition) is 2. The highest BCUT2D eigenvalue weighted by Crippen LogP contribution is 2.19. The molecule has 0 aliphatic carbocycles. The summed E-state index contributed by atoms with van der Waals surface area (Å²) < 4.78 is 5.14. The lowest BCUT2D eigenvalue weighted by molar-refractivity contribution is -0.120. The molecule has 1 saturated heterocycles. The maximum absolute atomic E-state index is 12.2. The Balaban J connectivity index is 1.44. The standard InChI is InChI=1S/C21H28N4O2/c1-27-19-8-6-16(7-9-19)12-20(26)24-13-17-4-3-11-25(14-17)15-18-5-2-10-23-21(18)22/h2,5-10,17H,3-4,11-15H2,1H3,(H2,22,23)(H,24,26)/t17-/m0/s1. The number of rotatable bonds is 7. The molecule has 0 radical (unpaired) electrons. The van der Waals surface area contributed by atoms with Crippen molar-refractivity contribution < 1.29 is 9.53 Å². The van der Waals surface area contributed by atoms with E-state index in [0.717, 1.165) is 49.4 Å². The van der Waals surface area contributed by atoms with E-state index < -0.39 is 0 Å². The Labute approximate surface area is 160 Å². The number of hydrogen-bond acceptors (Lipinski definition) is 5. The average molecular weight is 368 g/mol. The van der Waals surface area contributed by atoms with Gasteiger partial charge in [-0.1, -0.05) is 18.2 Å². The highest BCUT2D eigenvalue weighted by atomic mass is 16.5. The zero-order valence-electron chi connectivity index (χ0n) is 15.9. The van der Waals surface area contributed by atoms with Crippen molar-refractivity contribution in [2.24, 2.45) is 5.92 Å². The summed E-state index contributed by atoms with van der Waals surface area (Å²) in [6, 6.07) is 11.6. The van der Waals surface area contributed by atoms with Crippen molar-refractivity contribution in [1.29, 1.82) is 0 Å². The number of amides is 1. The van der Waals surface area contributed by atoms with Crippen LogP contribution in [-0.4, -0.2) is 42.5 Å². The summed E-state index contributed by atoms with van der Waals surface area (Å²) in [4.78, 5) is 18.8. The van der Waals surface area contributed by atoms with Crippen LogP contribution in [0.4, 0.5) is 5.82 Å². The lowest BCUT2D eigenvalue weighted by Gasteiger charge is -2.33. The lowest BCUT2D eigenvalue weighted by atomic mass is 9.97. The van der Waals surface area contributed by atoms with Gasteiger partial charge in [-0.3, -0.25) is 9.69 Å². The van der Waals surface area contributed by atoms with E-state index in [1.54, 1.807) is 13.3 Å². The van der Waals surface area contributed by atoms with E-state index >= 15 is 0 Å². The van der Waals surface area contributed by atoms with Crippen LogP contribution in [0, 0.1) is 5.92 Å². The van der Waals surface area contributed by atoms with Crippen molar-refractivity contribution in [2.75, 3.05) is 32.5 Å². The van der Waals surface area contributed by atoms with Gasteiger partial charge in [0.1, 0.15) is 11.6 Å². The first kappa shape index (κ1) is 19.2. The molecular weight excluding hydrogens is 340 g/mol. The molecule has 1 fully saturated rings. The molecule has 3 N–H and O–H groups in total. The molecule has 2 aromatic rings. The number of likely N-dealkylation sites (tertiary alicyclic amines) is 1. The van der Waals surface area contributed by atoms with E-state index in [2.05, 4.69) is 15.2 Å². The van der Waals surface area contributed by atoms with Crippen LogP contribution >= 0.6 is 0 Å². The van der Waals surface area contributed by atoms with Gasteiger partial charge in [0, 0.05) is 31.4 Å². The molecule has 2 heterocycles. The largest absolute Gasteiger partial charge is 0.497 e. The molecule has 1 aliphatic heterocycles. The third kappa shape index (κ3) is 5.69. The van der Waals surface area contributed by atoms with Crippen LogP contribution in [-0.2, 0) is 17.8 Å². The van der Waals surface area contributed by atoms with Crippen LogP contribution in [0.5, 0.6) is 5.75 Å². The lowest BCUT2D eigenvalue weighted by Crippen LogP contribution is -2.41. The van der Waals surface area contributed by atoms with Gasteiger partial charge in [-0.2, -0.15) is 0 Å². The summed E-state index contributed by atoms with van der Waals surface area (Å²) >= 11 is 0. The second kappa shape index (κ2) is 9.37. The molecule has 6 heteroatoms. The van der Waals surface area contributed by atoms with Crippen LogP contribution in [0.15, 0.2) is 42.6 Å². The fourth-order valence-corrected chi connectivity index (χ4v) is 3.54. The monoisotopic (exact) mass is 368 g/mol. The number of nitrogen functional groups attached to an aromatic ring is 1. The Morgan fingerprint density at radius 3 is 2.89 bits per heavy atom. The molecule has 0 bridgehead atoms. The Kier molecular flexibility index (Phi) is 6.65. The maximum Gasteiger partial charge on any atom is 0.224 e. The first-order chi connectivity index (χ1) is 13.1. The fraction of sp³-hybridized carbons (Fsp3) is 0.429. The van der Waals surface area contributed by atoms with Crippen LogP contribution < -0.4 is 15.8 Å². The summed E-state index contributed by atoms with van der Waals surface area (Å²) in [7, 11) is 1.64. The van der Waals surface area contributed by atoms with Crippen LogP contribution in [0.3, 0.4) is 0 Å². The molecule has 0 saturated carbocycles. The summed E-state index contributed by atoms with van der Waals surface area (Å²) in [6.07, 6.45) is 4.39. The molecule has 1 aromatic carbocycles. The van der Waals surface area contributed by atoms with Crippen molar-refractivity contribution in [2.45, 2.75) is 25.8 Å². The van der Waals surface area contributed by atoms with Crippen molar-refractivity contribution in [3.63, 3.8) is 0 Å². The predicted octanol–water partition coefficient (Wildman–Crippen LogP) is 2.24. The van der Waals surface area contributed by atoms with Gasteiger partial charge in [0.25, 0.3) is 0 Å². The van der Waals surface area contributed by atoms with Gasteiger partial charge in [-0.25, -0.2) is 4.98 Å². The van der Waals surface area contributed by atoms with Gasteiger partial charge < -0.3 is 15.8 Å². The number of carbonyl (C=O) groups is 1. The number of benzene rings is 1. The summed E-state index contributed by atoms with van der Waals surface area (Å²) in [6.45, 7) is 3.56. The van der Waals surface area contributed by atoms with Gasteiger partial charge in [0.2, 0.25) is 5.91 Å². The summed E-state index contributed by atoms with van der Waals surface area (Å²) in [5.74, 6) is 1.94. The molecule has 1 aliphatic rings. The number of nitrogens with two attached hydrogens (primary N) is 1. The van der Waals surface area contributed by atoms with Crippen LogP contribution in [0.25, 0.3) is 0 Å². The SMILES string of the molecule is COc1ccc(CC(=O)NC[C@@H]2CCCN(Cc3cccnc3N)C2)cc1. The average Bonchev–Trinajstić information content (AvgIpc) is 2.69. The van der Waals surface area contributed by atoms with Crippen LogP contribution in [0.2, 0.25) is 0 Å². The van der Waals surface area contributed by atoms with E-state index in [1.165, 1.54) is 0 Å². The normalized spacial score (nSPS) is 17.4.